The number of allylic oxidation sites excluding steroid dienone is 1. The number of nitrogens with zero attached hydrogens (tertiary/aromatic N) is 3. The van der Waals surface area contributed by atoms with Crippen LogP contribution in [0.25, 0.3) is 6.08 Å². The van der Waals surface area contributed by atoms with Crippen molar-refractivity contribution >= 4 is 29.1 Å². The fourth-order valence-corrected chi connectivity index (χ4v) is 5.76. The summed E-state index contributed by atoms with van der Waals surface area (Å²) in [4.78, 5) is 34.3. The molecule has 1 unspecified atom stereocenters. The molecule has 0 amide bonds. The topological polar surface area (TPSA) is 82.4 Å². The summed E-state index contributed by atoms with van der Waals surface area (Å²) in [7, 11) is 0. The van der Waals surface area contributed by atoms with Crippen LogP contribution in [0.2, 0.25) is 0 Å². The summed E-state index contributed by atoms with van der Waals surface area (Å²) in [6, 6.07) is 12.9. The number of ether oxygens (including phenoxy) is 3. The second-order valence-electron chi connectivity index (χ2n) is 8.68. The molecule has 0 spiro atoms. The Labute approximate surface area is 218 Å². The van der Waals surface area contributed by atoms with Crippen LogP contribution in [0.4, 0.5) is 5.69 Å². The molecule has 0 saturated carbocycles. The van der Waals surface area contributed by atoms with Crippen LogP contribution in [0.5, 0.6) is 11.5 Å². The van der Waals surface area contributed by atoms with E-state index in [0.29, 0.717) is 32.1 Å². The van der Waals surface area contributed by atoms with E-state index < -0.39 is 12.0 Å². The SMILES string of the molecule is CCOC(=O)C1=C(C)N=c2s/c(=C/c3ccc(N(CC)CC)cc3)c(=O)n2C1c1ccc2c(c1)OCO2. The van der Waals surface area contributed by atoms with Crippen molar-refractivity contribution in [3.8, 4) is 11.5 Å². The summed E-state index contributed by atoms with van der Waals surface area (Å²) < 4.78 is 18.5. The summed E-state index contributed by atoms with van der Waals surface area (Å²) in [6.45, 7) is 9.99. The Bertz CT molecular complexity index is 1550. The Morgan fingerprint density at radius 2 is 1.86 bits per heavy atom. The largest absolute Gasteiger partial charge is 0.463 e. The minimum atomic E-state index is -0.697. The highest BCUT2D eigenvalue weighted by molar-refractivity contribution is 7.07. The zero-order valence-corrected chi connectivity index (χ0v) is 22.1. The first-order chi connectivity index (χ1) is 17.9. The van der Waals surface area contributed by atoms with Gasteiger partial charge in [-0.15, -0.1) is 0 Å². The van der Waals surface area contributed by atoms with Crippen LogP contribution >= 0.6 is 11.3 Å². The monoisotopic (exact) mass is 519 g/mol. The van der Waals surface area contributed by atoms with Crippen LogP contribution < -0.4 is 29.3 Å². The average molecular weight is 520 g/mol. The van der Waals surface area contributed by atoms with Crippen molar-refractivity contribution < 1.29 is 19.0 Å². The van der Waals surface area contributed by atoms with Gasteiger partial charge >= 0.3 is 5.97 Å². The first-order valence-corrected chi connectivity index (χ1v) is 13.2. The van der Waals surface area contributed by atoms with Crippen LogP contribution in [0.3, 0.4) is 0 Å². The predicted molar refractivity (Wildman–Crippen MR) is 143 cm³/mol. The van der Waals surface area contributed by atoms with E-state index in [1.54, 1.807) is 24.5 Å². The Morgan fingerprint density at radius 1 is 1.14 bits per heavy atom. The van der Waals surface area contributed by atoms with Gasteiger partial charge in [0.25, 0.3) is 5.56 Å². The van der Waals surface area contributed by atoms with Gasteiger partial charge in [0, 0.05) is 18.8 Å². The lowest BCUT2D eigenvalue weighted by atomic mass is 9.95. The first-order valence-electron chi connectivity index (χ1n) is 12.4. The molecule has 0 fully saturated rings. The molecule has 5 rings (SSSR count). The highest BCUT2D eigenvalue weighted by Gasteiger charge is 2.34. The van der Waals surface area contributed by atoms with Crippen LogP contribution in [0, 0.1) is 0 Å². The molecule has 0 saturated heterocycles. The number of carbonyl (C=O) groups is 1. The van der Waals surface area contributed by atoms with E-state index in [0.717, 1.165) is 29.9 Å². The molecule has 2 aromatic carbocycles. The normalized spacial score (nSPS) is 16.4. The summed E-state index contributed by atoms with van der Waals surface area (Å²) in [5.74, 6) is 0.709. The Hall–Kier alpha value is -3.85. The maximum absolute atomic E-state index is 13.8. The molecule has 2 aliphatic rings. The molecule has 0 radical (unpaired) electrons. The molecule has 0 N–H and O–H groups in total. The number of thiazole rings is 1. The summed E-state index contributed by atoms with van der Waals surface area (Å²) in [5.41, 5.74) is 3.43. The molecule has 9 heteroatoms. The summed E-state index contributed by atoms with van der Waals surface area (Å²) in [5, 5.41) is 0. The number of benzene rings is 2. The standard InChI is InChI=1S/C28H29N3O5S/c1-5-30(6-2)20-11-8-18(9-12-20)14-23-26(32)31-25(19-10-13-21-22(15-19)36-16-35-21)24(27(33)34-7-3)17(4)29-28(31)37-23/h8-15,25H,5-7,16H2,1-4H3/b23-14+. The Balaban J connectivity index is 1.63. The second kappa shape index (κ2) is 10.3. The van der Waals surface area contributed by atoms with Gasteiger partial charge in [-0.05, 0) is 69.2 Å². The average Bonchev–Trinajstić information content (AvgIpc) is 3.48. The van der Waals surface area contributed by atoms with Crippen molar-refractivity contribution in [3.63, 3.8) is 0 Å². The maximum atomic E-state index is 13.8. The van der Waals surface area contributed by atoms with Gasteiger partial charge in [0.1, 0.15) is 0 Å². The molecule has 3 aromatic rings. The van der Waals surface area contributed by atoms with Crippen molar-refractivity contribution in [1.29, 1.82) is 0 Å². The molecule has 3 heterocycles. The molecule has 8 nitrogen and oxygen atoms in total. The zero-order valence-electron chi connectivity index (χ0n) is 21.3. The van der Waals surface area contributed by atoms with E-state index in [1.165, 1.54) is 11.3 Å². The molecule has 2 aliphatic heterocycles. The minimum absolute atomic E-state index is 0.133. The van der Waals surface area contributed by atoms with Crippen molar-refractivity contribution in [2.75, 3.05) is 31.4 Å². The Kier molecular flexibility index (Phi) is 6.88. The number of rotatable bonds is 7. The maximum Gasteiger partial charge on any atom is 0.338 e. The summed E-state index contributed by atoms with van der Waals surface area (Å²) >= 11 is 1.31. The molecule has 0 bridgehead atoms. The van der Waals surface area contributed by atoms with Crippen molar-refractivity contribution in [2.24, 2.45) is 4.99 Å². The second-order valence-corrected chi connectivity index (χ2v) is 9.69. The number of anilines is 1. The van der Waals surface area contributed by atoms with E-state index in [1.807, 2.05) is 30.3 Å². The van der Waals surface area contributed by atoms with E-state index in [-0.39, 0.29) is 19.0 Å². The summed E-state index contributed by atoms with van der Waals surface area (Å²) in [6.07, 6.45) is 1.87. The highest BCUT2D eigenvalue weighted by Crippen LogP contribution is 2.38. The lowest BCUT2D eigenvalue weighted by Crippen LogP contribution is -2.39. The lowest BCUT2D eigenvalue weighted by molar-refractivity contribution is -0.139. The van der Waals surface area contributed by atoms with Gasteiger partial charge in [0.15, 0.2) is 16.3 Å². The smallest absolute Gasteiger partial charge is 0.338 e. The number of carbonyl (C=O) groups excluding carboxylic acids is 1. The lowest BCUT2D eigenvalue weighted by Gasteiger charge is -2.24. The van der Waals surface area contributed by atoms with E-state index in [4.69, 9.17) is 14.2 Å². The zero-order chi connectivity index (χ0) is 26.1. The molecule has 37 heavy (non-hydrogen) atoms. The number of aromatic nitrogens is 1. The van der Waals surface area contributed by atoms with Crippen LogP contribution in [0.1, 0.15) is 44.9 Å². The molecular weight excluding hydrogens is 490 g/mol. The van der Waals surface area contributed by atoms with Gasteiger partial charge < -0.3 is 19.1 Å². The van der Waals surface area contributed by atoms with Gasteiger partial charge in [0.05, 0.1) is 28.5 Å². The van der Waals surface area contributed by atoms with Crippen molar-refractivity contribution in [1.82, 2.24) is 4.57 Å². The number of esters is 1. The number of fused-ring (bicyclic) bond motifs is 2. The van der Waals surface area contributed by atoms with Crippen LogP contribution in [0.15, 0.2) is 63.5 Å². The highest BCUT2D eigenvalue weighted by atomic mass is 32.1. The fraction of sp³-hybridized carbons (Fsp3) is 0.321. The third-order valence-corrected chi connectivity index (χ3v) is 7.53. The predicted octanol–water partition coefficient (Wildman–Crippen LogP) is 3.37. The van der Waals surface area contributed by atoms with Gasteiger partial charge in [-0.25, -0.2) is 9.79 Å². The minimum Gasteiger partial charge on any atom is -0.463 e. The van der Waals surface area contributed by atoms with E-state index in [2.05, 4.69) is 35.9 Å². The van der Waals surface area contributed by atoms with Crippen LogP contribution in [-0.2, 0) is 9.53 Å². The molecule has 1 atom stereocenters. The van der Waals surface area contributed by atoms with E-state index in [9.17, 15) is 9.59 Å². The van der Waals surface area contributed by atoms with Gasteiger partial charge in [-0.1, -0.05) is 29.5 Å². The third-order valence-electron chi connectivity index (χ3n) is 6.55. The quantitative estimate of drug-likeness (QED) is 0.445. The molecule has 1 aromatic heterocycles. The van der Waals surface area contributed by atoms with Gasteiger partial charge in [-0.3, -0.25) is 9.36 Å². The van der Waals surface area contributed by atoms with Crippen molar-refractivity contribution in [2.45, 2.75) is 33.7 Å². The number of hydrogen-bond donors (Lipinski definition) is 0. The van der Waals surface area contributed by atoms with Crippen molar-refractivity contribution in [3.05, 3.63) is 84.5 Å². The first kappa shape index (κ1) is 24.8. The van der Waals surface area contributed by atoms with Gasteiger partial charge in [0.2, 0.25) is 6.79 Å². The van der Waals surface area contributed by atoms with Crippen LogP contribution in [-0.4, -0.2) is 37.0 Å². The number of hydrogen-bond acceptors (Lipinski definition) is 8. The van der Waals surface area contributed by atoms with E-state index >= 15 is 0 Å². The molecular formula is C28H29N3O5S. The Morgan fingerprint density at radius 3 is 2.57 bits per heavy atom. The fourth-order valence-electron chi connectivity index (χ4n) is 4.71. The molecule has 0 aliphatic carbocycles. The van der Waals surface area contributed by atoms with Gasteiger partial charge in [-0.2, -0.15) is 0 Å². The molecule has 192 valence electrons. The third kappa shape index (κ3) is 4.55.